The standard InChI is InChI=1S/C25H23FN4O4/c1-13-18(11-27)21-22(34-23(29-21)24(31)30(2)3)20(19(13)15-5-4-6-17(26)10-15)16-8-7-14(9-16)12-28-25(32)33/h4-6,9-10,14,28H,7-8,12H2,1-3H3,(H,32,33). The summed E-state index contributed by atoms with van der Waals surface area (Å²) in [5.41, 5.74) is 4.10. The fraction of sp³-hybridized carbons (Fsp3) is 0.280. The van der Waals surface area contributed by atoms with Crippen molar-refractivity contribution in [1.82, 2.24) is 15.2 Å². The Bertz CT molecular complexity index is 1380. The highest BCUT2D eigenvalue weighted by Crippen LogP contribution is 2.44. The Morgan fingerprint density at radius 2 is 2.12 bits per heavy atom. The molecule has 2 N–H and O–H groups in total. The number of hydrogen-bond donors (Lipinski definition) is 2. The van der Waals surface area contributed by atoms with E-state index in [1.165, 1.54) is 17.0 Å². The molecule has 1 atom stereocenters. The van der Waals surface area contributed by atoms with E-state index in [2.05, 4.69) is 16.4 Å². The Morgan fingerprint density at radius 3 is 2.76 bits per heavy atom. The number of nitriles is 1. The molecule has 1 aromatic heterocycles. The van der Waals surface area contributed by atoms with E-state index < -0.39 is 17.8 Å². The first-order valence-corrected chi connectivity index (χ1v) is 10.7. The van der Waals surface area contributed by atoms with Gasteiger partial charge in [-0.05, 0) is 60.1 Å². The number of hydrogen-bond acceptors (Lipinski definition) is 5. The van der Waals surface area contributed by atoms with Crippen molar-refractivity contribution in [3.05, 3.63) is 58.7 Å². The number of allylic oxidation sites excluding steroid dienone is 1. The van der Waals surface area contributed by atoms with Crippen molar-refractivity contribution in [2.24, 2.45) is 5.92 Å². The van der Waals surface area contributed by atoms with E-state index in [0.29, 0.717) is 35.1 Å². The normalized spacial score (nSPS) is 15.1. The van der Waals surface area contributed by atoms with E-state index >= 15 is 0 Å². The van der Waals surface area contributed by atoms with Crippen molar-refractivity contribution in [2.75, 3.05) is 20.6 Å². The number of halogens is 1. The zero-order chi connectivity index (χ0) is 24.6. The third kappa shape index (κ3) is 4.10. The smallest absolute Gasteiger partial charge is 0.404 e. The molecule has 1 aliphatic carbocycles. The summed E-state index contributed by atoms with van der Waals surface area (Å²) in [6.45, 7) is 2.02. The van der Waals surface area contributed by atoms with Crippen LogP contribution < -0.4 is 5.32 Å². The van der Waals surface area contributed by atoms with Crippen LogP contribution >= 0.6 is 0 Å². The fourth-order valence-corrected chi connectivity index (χ4v) is 4.37. The van der Waals surface area contributed by atoms with Gasteiger partial charge in [-0.2, -0.15) is 5.26 Å². The van der Waals surface area contributed by atoms with Crippen LogP contribution in [0.3, 0.4) is 0 Å². The molecule has 0 spiro atoms. The quantitative estimate of drug-likeness (QED) is 0.573. The van der Waals surface area contributed by atoms with Crippen LogP contribution in [0.4, 0.5) is 9.18 Å². The van der Waals surface area contributed by atoms with E-state index in [1.807, 2.05) is 6.08 Å². The summed E-state index contributed by atoms with van der Waals surface area (Å²) in [5.74, 6) is -1.05. The van der Waals surface area contributed by atoms with Gasteiger partial charge in [0.2, 0.25) is 0 Å². The maximum absolute atomic E-state index is 14.2. The molecule has 174 valence electrons. The zero-order valence-electron chi connectivity index (χ0n) is 19.0. The minimum Gasteiger partial charge on any atom is -0.465 e. The first-order chi connectivity index (χ1) is 16.2. The van der Waals surface area contributed by atoms with Crippen LogP contribution in [-0.4, -0.2) is 47.6 Å². The summed E-state index contributed by atoms with van der Waals surface area (Å²) in [5, 5.41) is 21.3. The number of carboxylic acid groups (broad SMARTS) is 1. The Morgan fingerprint density at radius 1 is 1.35 bits per heavy atom. The van der Waals surface area contributed by atoms with Gasteiger partial charge in [-0.25, -0.2) is 14.2 Å². The lowest BCUT2D eigenvalue weighted by atomic mass is 9.87. The molecule has 34 heavy (non-hydrogen) atoms. The van der Waals surface area contributed by atoms with Gasteiger partial charge in [-0.1, -0.05) is 18.2 Å². The maximum Gasteiger partial charge on any atom is 0.404 e. The SMILES string of the molecule is Cc1c(-c2cccc(F)c2)c(C2=CC(CNC(=O)O)CC2)c2oc(C(=O)N(C)C)nc2c1C#N. The van der Waals surface area contributed by atoms with E-state index in [0.717, 1.165) is 5.57 Å². The molecule has 3 aromatic rings. The Hall–Kier alpha value is -4.19. The Labute approximate surface area is 195 Å². The molecule has 9 heteroatoms. The highest BCUT2D eigenvalue weighted by atomic mass is 19.1. The molecule has 0 saturated carbocycles. The number of nitrogens with zero attached hydrogens (tertiary/aromatic N) is 3. The molecule has 1 aliphatic rings. The lowest BCUT2D eigenvalue weighted by molar-refractivity contribution is 0.0791. The van der Waals surface area contributed by atoms with Gasteiger partial charge in [0.25, 0.3) is 5.89 Å². The summed E-state index contributed by atoms with van der Waals surface area (Å²) < 4.78 is 20.2. The number of benzene rings is 2. The molecule has 0 saturated heterocycles. The lowest BCUT2D eigenvalue weighted by Crippen LogP contribution is -2.25. The van der Waals surface area contributed by atoms with Gasteiger partial charge in [-0.3, -0.25) is 4.79 Å². The third-order valence-corrected chi connectivity index (χ3v) is 5.96. The highest BCUT2D eigenvalue weighted by Gasteiger charge is 2.29. The molecule has 0 radical (unpaired) electrons. The number of nitrogens with one attached hydrogen (secondary N) is 1. The van der Waals surface area contributed by atoms with Crippen LogP contribution in [0.15, 0.2) is 34.8 Å². The van der Waals surface area contributed by atoms with Crippen LogP contribution in [0, 0.1) is 30.0 Å². The largest absolute Gasteiger partial charge is 0.465 e. The van der Waals surface area contributed by atoms with Crippen LogP contribution in [0.2, 0.25) is 0 Å². The van der Waals surface area contributed by atoms with Crippen molar-refractivity contribution < 1.29 is 23.5 Å². The highest BCUT2D eigenvalue weighted by molar-refractivity contribution is 6.03. The van der Waals surface area contributed by atoms with E-state index in [-0.39, 0.29) is 35.0 Å². The molecule has 1 heterocycles. The third-order valence-electron chi connectivity index (χ3n) is 5.96. The minimum atomic E-state index is -1.10. The Kier molecular flexibility index (Phi) is 6.07. The molecule has 2 aromatic carbocycles. The van der Waals surface area contributed by atoms with Gasteiger partial charge in [0.1, 0.15) is 17.4 Å². The van der Waals surface area contributed by atoms with E-state index in [1.54, 1.807) is 33.2 Å². The van der Waals surface area contributed by atoms with Gasteiger partial charge in [-0.15, -0.1) is 0 Å². The van der Waals surface area contributed by atoms with Crippen molar-refractivity contribution >= 4 is 28.7 Å². The summed E-state index contributed by atoms with van der Waals surface area (Å²) in [7, 11) is 3.15. The number of carbonyl (C=O) groups is 2. The lowest BCUT2D eigenvalue weighted by Gasteiger charge is -2.16. The number of oxazole rings is 1. The molecule has 4 rings (SSSR count). The van der Waals surface area contributed by atoms with Gasteiger partial charge in [0.05, 0.1) is 5.56 Å². The summed E-state index contributed by atoms with van der Waals surface area (Å²) >= 11 is 0. The van der Waals surface area contributed by atoms with Gasteiger partial charge < -0.3 is 19.7 Å². The maximum atomic E-state index is 14.2. The number of fused-ring (bicyclic) bond motifs is 1. The topological polar surface area (TPSA) is 119 Å². The number of carbonyl (C=O) groups excluding carboxylic acids is 1. The predicted molar refractivity (Wildman–Crippen MR) is 124 cm³/mol. The molecule has 0 fully saturated rings. The molecule has 0 bridgehead atoms. The summed E-state index contributed by atoms with van der Waals surface area (Å²) in [6, 6.07) is 8.24. The predicted octanol–water partition coefficient (Wildman–Crippen LogP) is 4.58. The second kappa shape index (κ2) is 8.98. The van der Waals surface area contributed by atoms with Crippen LogP contribution in [0.5, 0.6) is 0 Å². The Balaban J connectivity index is 2.02. The van der Waals surface area contributed by atoms with E-state index in [9.17, 15) is 19.2 Å². The monoisotopic (exact) mass is 462 g/mol. The average Bonchev–Trinajstić information content (AvgIpc) is 3.43. The van der Waals surface area contributed by atoms with Crippen LogP contribution in [0.1, 0.15) is 40.2 Å². The first kappa shape index (κ1) is 23.0. The molecule has 0 aliphatic heterocycles. The van der Waals surface area contributed by atoms with Crippen molar-refractivity contribution in [3.8, 4) is 17.2 Å². The van der Waals surface area contributed by atoms with Gasteiger partial charge in [0, 0.05) is 26.2 Å². The molecule has 2 amide bonds. The molecule has 8 nitrogen and oxygen atoms in total. The van der Waals surface area contributed by atoms with Crippen molar-refractivity contribution in [2.45, 2.75) is 19.8 Å². The number of aromatic nitrogens is 1. The number of rotatable bonds is 5. The first-order valence-electron chi connectivity index (χ1n) is 10.7. The van der Waals surface area contributed by atoms with Gasteiger partial charge in [0.15, 0.2) is 5.58 Å². The zero-order valence-corrected chi connectivity index (χ0v) is 19.0. The van der Waals surface area contributed by atoms with Crippen LogP contribution in [0.25, 0.3) is 27.8 Å². The minimum absolute atomic E-state index is 0.0387. The second-order valence-electron chi connectivity index (χ2n) is 8.45. The second-order valence-corrected chi connectivity index (χ2v) is 8.45. The van der Waals surface area contributed by atoms with E-state index in [4.69, 9.17) is 9.52 Å². The fourth-order valence-electron chi connectivity index (χ4n) is 4.37. The summed E-state index contributed by atoms with van der Waals surface area (Å²) in [6.07, 6.45) is 2.19. The number of amides is 2. The van der Waals surface area contributed by atoms with Crippen LogP contribution in [-0.2, 0) is 0 Å². The molecular formula is C25H23FN4O4. The van der Waals surface area contributed by atoms with Gasteiger partial charge >= 0.3 is 12.0 Å². The molecule has 1 unspecified atom stereocenters. The average molecular weight is 462 g/mol. The molecular weight excluding hydrogens is 439 g/mol. The van der Waals surface area contributed by atoms with Crippen molar-refractivity contribution in [3.63, 3.8) is 0 Å². The summed E-state index contributed by atoms with van der Waals surface area (Å²) in [4.78, 5) is 29.2. The van der Waals surface area contributed by atoms with Crippen molar-refractivity contribution in [1.29, 1.82) is 5.26 Å².